The summed E-state index contributed by atoms with van der Waals surface area (Å²) >= 11 is 0. The second kappa shape index (κ2) is 6.15. The van der Waals surface area contributed by atoms with Crippen molar-refractivity contribution in [3.05, 3.63) is 47.5 Å². The molecule has 0 amide bonds. The molecule has 1 heterocycles. The highest BCUT2D eigenvalue weighted by molar-refractivity contribution is 6.02. The molecule has 0 aromatic heterocycles. The predicted octanol–water partition coefficient (Wildman–Crippen LogP) is 1.89. The molecule has 0 radical (unpaired) electrons. The van der Waals surface area contributed by atoms with Crippen LogP contribution in [0, 0.1) is 0 Å². The summed E-state index contributed by atoms with van der Waals surface area (Å²) in [5.41, 5.74) is 0.0109. The molecule has 2 rings (SSSR count). The molecule has 1 aromatic carbocycles. The first-order chi connectivity index (χ1) is 9.18. The summed E-state index contributed by atoms with van der Waals surface area (Å²) < 4.78 is 10.0. The van der Waals surface area contributed by atoms with Gasteiger partial charge in [0, 0.05) is 0 Å². The predicted molar refractivity (Wildman–Crippen MR) is 67.2 cm³/mol. The zero-order valence-electron chi connectivity index (χ0n) is 10.2. The third-order valence-electron chi connectivity index (χ3n) is 2.66. The van der Waals surface area contributed by atoms with Gasteiger partial charge in [-0.1, -0.05) is 24.3 Å². The molecule has 1 N–H and O–H groups in total. The quantitative estimate of drug-likeness (QED) is 0.481. The number of hydrogen-bond donors (Lipinski definition) is 1. The van der Waals surface area contributed by atoms with Crippen molar-refractivity contribution in [2.24, 2.45) is 0 Å². The topological polar surface area (TPSA) is 76.1 Å². The lowest BCUT2D eigenvalue weighted by Gasteiger charge is -2.04. The van der Waals surface area contributed by atoms with Gasteiger partial charge in [0.05, 0.1) is 23.8 Å². The number of epoxide rings is 1. The Morgan fingerprint density at radius 1 is 1.32 bits per heavy atom. The van der Waals surface area contributed by atoms with Crippen molar-refractivity contribution in [3.8, 4) is 0 Å². The Balaban J connectivity index is 1.88. The number of ether oxygens (including phenoxy) is 2. The number of carboxylic acids is 1. The molecule has 100 valence electrons. The van der Waals surface area contributed by atoms with Crippen molar-refractivity contribution in [2.45, 2.75) is 12.5 Å². The van der Waals surface area contributed by atoms with Crippen LogP contribution in [0.5, 0.6) is 0 Å². The summed E-state index contributed by atoms with van der Waals surface area (Å²) in [5.74, 6) is -1.78. The van der Waals surface area contributed by atoms with Crippen molar-refractivity contribution in [1.82, 2.24) is 0 Å². The van der Waals surface area contributed by atoms with E-state index in [1.165, 1.54) is 12.1 Å². The first-order valence-corrected chi connectivity index (χ1v) is 5.94. The van der Waals surface area contributed by atoms with E-state index in [1.807, 2.05) is 6.08 Å². The zero-order chi connectivity index (χ0) is 13.7. The maximum absolute atomic E-state index is 11.7. The van der Waals surface area contributed by atoms with Gasteiger partial charge in [0.15, 0.2) is 0 Å². The van der Waals surface area contributed by atoms with E-state index >= 15 is 0 Å². The Bertz CT molecular complexity index is 502. The number of rotatable bonds is 6. The van der Waals surface area contributed by atoms with Crippen LogP contribution in [0.1, 0.15) is 27.1 Å². The van der Waals surface area contributed by atoms with Crippen molar-refractivity contribution >= 4 is 11.9 Å². The van der Waals surface area contributed by atoms with Crippen molar-refractivity contribution in [1.29, 1.82) is 0 Å². The van der Waals surface area contributed by atoms with Crippen LogP contribution in [0.4, 0.5) is 0 Å². The molecule has 0 aliphatic carbocycles. The minimum Gasteiger partial charge on any atom is -0.478 e. The SMILES string of the molecule is O=C(O)c1ccccc1C(=O)OCC=CCC1CO1. The van der Waals surface area contributed by atoms with Crippen LogP contribution in [0.15, 0.2) is 36.4 Å². The molecule has 1 unspecified atom stereocenters. The zero-order valence-corrected chi connectivity index (χ0v) is 10.2. The van der Waals surface area contributed by atoms with Gasteiger partial charge in [-0.3, -0.25) is 0 Å². The van der Waals surface area contributed by atoms with Crippen LogP contribution >= 0.6 is 0 Å². The monoisotopic (exact) mass is 262 g/mol. The highest BCUT2D eigenvalue weighted by Gasteiger charge is 2.20. The number of carbonyl (C=O) groups excluding carboxylic acids is 1. The maximum Gasteiger partial charge on any atom is 0.339 e. The van der Waals surface area contributed by atoms with E-state index in [1.54, 1.807) is 18.2 Å². The van der Waals surface area contributed by atoms with Gasteiger partial charge in [0.25, 0.3) is 0 Å². The second-order valence-corrected chi connectivity index (χ2v) is 4.11. The van der Waals surface area contributed by atoms with E-state index in [0.29, 0.717) is 6.10 Å². The molecule has 1 aliphatic heterocycles. The second-order valence-electron chi connectivity index (χ2n) is 4.11. The summed E-state index contributed by atoms with van der Waals surface area (Å²) in [6.07, 6.45) is 4.72. The summed E-state index contributed by atoms with van der Waals surface area (Å²) in [4.78, 5) is 22.7. The van der Waals surface area contributed by atoms with E-state index in [-0.39, 0.29) is 17.7 Å². The highest BCUT2D eigenvalue weighted by Crippen LogP contribution is 2.13. The Morgan fingerprint density at radius 3 is 2.63 bits per heavy atom. The molecule has 1 aromatic rings. The molecule has 0 saturated carbocycles. The normalized spacial score (nSPS) is 17.4. The van der Waals surface area contributed by atoms with Gasteiger partial charge in [-0.25, -0.2) is 9.59 Å². The highest BCUT2D eigenvalue weighted by atomic mass is 16.6. The first kappa shape index (κ1) is 13.3. The summed E-state index contributed by atoms with van der Waals surface area (Å²) in [5, 5.41) is 8.96. The third kappa shape index (κ3) is 3.93. The molecule has 5 nitrogen and oxygen atoms in total. The van der Waals surface area contributed by atoms with Gasteiger partial charge >= 0.3 is 11.9 Å². The van der Waals surface area contributed by atoms with E-state index in [0.717, 1.165) is 13.0 Å². The van der Waals surface area contributed by atoms with Gasteiger partial charge in [-0.15, -0.1) is 0 Å². The van der Waals surface area contributed by atoms with E-state index in [4.69, 9.17) is 14.6 Å². The van der Waals surface area contributed by atoms with E-state index in [2.05, 4.69) is 0 Å². The molecule has 1 atom stereocenters. The average molecular weight is 262 g/mol. The van der Waals surface area contributed by atoms with Gasteiger partial charge < -0.3 is 14.6 Å². The summed E-state index contributed by atoms with van der Waals surface area (Å²) in [7, 11) is 0. The minimum atomic E-state index is -1.14. The number of esters is 1. The molecule has 1 saturated heterocycles. The lowest BCUT2D eigenvalue weighted by atomic mass is 10.1. The molecule has 0 spiro atoms. The van der Waals surface area contributed by atoms with Crippen LogP contribution in [0.25, 0.3) is 0 Å². The average Bonchev–Trinajstić information content (AvgIpc) is 3.22. The molecule has 19 heavy (non-hydrogen) atoms. The molecular weight excluding hydrogens is 248 g/mol. The fraction of sp³-hybridized carbons (Fsp3) is 0.286. The van der Waals surface area contributed by atoms with Crippen LogP contribution in [0.2, 0.25) is 0 Å². The molecule has 1 aliphatic rings. The minimum absolute atomic E-state index is 0.0529. The lowest BCUT2D eigenvalue weighted by Crippen LogP contribution is -2.11. The first-order valence-electron chi connectivity index (χ1n) is 5.94. The molecule has 1 fully saturated rings. The van der Waals surface area contributed by atoms with Crippen LogP contribution in [-0.4, -0.2) is 36.4 Å². The van der Waals surface area contributed by atoms with Crippen molar-refractivity contribution in [2.75, 3.05) is 13.2 Å². The number of hydrogen-bond acceptors (Lipinski definition) is 4. The van der Waals surface area contributed by atoms with E-state index < -0.39 is 11.9 Å². The standard InChI is InChI=1S/C14H14O5/c15-13(16)11-6-1-2-7-12(11)14(17)18-8-4-3-5-10-9-19-10/h1-4,6-7,10H,5,8-9H2,(H,15,16). The number of carboxylic acid groups (broad SMARTS) is 1. The van der Waals surface area contributed by atoms with Crippen molar-refractivity contribution < 1.29 is 24.2 Å². The molecule has 5 heteroatoms. The molecule has 0 bridgehead atoms. The largest absolute Gasteiger partial charge is 0.478 e. The fourth-order valence-corrected chi connectivity index (χ4v) is 1.57. The van der Waals surface area contributed by atoms with Crippen LogP contribution < -0.4 is 0 Å². The van der Waals surface area contributed by atoms with E-state index in [9.17, 15) is 9.59 Å². The molecular formula is C14H14O5. The third-order valence-corrected chi connectivity index (χ3v) is 2.66. The smallest absolute Gasteiger partial charge is 0.339 e. The van der Waals surface area contributed by atoms with Gasteiger partial charge in [0.1, 0.15) is 6.61 Å². The Morgan fingerprint density at radius 2 is 2.00 bits per heavy atom. The van der Waals surface area contributed by atoms with Gasteiger partial charge in [-0.2, -0.15) is 0 Å². The Kier molecular flexibility index (Phi) is 4.30. The van der Waals surface area contributed by atoms with Gasteiger partial charge in [0.2, 0.25) is 0 Å². The maximum atomic E-state index is 11.7. The summed E-state index contributed by atoms with van der Waals surface area (Å²) in [6.45, 7) is 0.912. The van der Waals surface area contributed by atoms with Gasteiger partial charge in [-0.05, 0) is 18.6 Å². The Hall–Kier alpha value is -2.14. The Labute approximate surface area is 110 Å². The number of carbonyl (C=O) groups is 2. The number of benzene rings is 1. The van der Waals surface area contributed by atoms with Crippen molar-refractivity contribution in [3.63, 3.8) is 0 Å². The summed E-state index contributed by atoms with van der Waals surface area (Å²) in [6, 6.07) is 5.98. The fourth-order valence-electron chi connectivity index (χ4n) is 1.57. The van der Waals surface area contributed by atoms with Crippen LogP contribution in [-0.2, 0) is 9.47 Å². The lowest BCUT2D eigenvalue weighted by molar-refractivity contribution is 0.0536. The van der Waals surface area contributed by atoms with Crippen LogP contribution in [0.3, 0.4) is 0 Å². The number of aromatic carboxylic acids is 1.